The lowest BCUT2D eigenvalue weighted by Gasteiger charge is -2.14. The van der Waals surface area contributed by atoms with Crippen molar-refractivity contribution in [2.24, 2.45) is 0 Å². The van der Waals surface area contributed by atoms with Crippen molar-refractivity contribution in [1.82, 2.24) is 4.72 Å². The maximum atomic E-state index is 12.3. The minimum atomic E-state index is -3.98. The summed E-state index contributed by atoms with van der Waals surface area (Å²) in [6.07, 6.45) is 0. The van der Waals surface area contributed by atoms with E-state index in [0.29, 0.717) is 0 Å². The van der Waals surface area contributed by atoms with E-state index < -0.39 is 26.7 Å². The largest absolute Gasteiger partial charge is 0.289 e. The number of hydrogen-bond acceptors (Lipinski definition) is 4. The zero-order valence-corrected chi connectivity index (χ0v) is 12.1. The number of sulfonamides is 1. The molecule has 0 saturated carbocycles. The van der Waals surface area contributed by atoms with Crippen molar-refractivity contribution in [3.8, 4) is 0 Å². The number of nitrogens with zero attached hydrogens (tertiary/aromatic N) is 1. The highest BCUT2D eigenvalue weighted by Gasteiger charge is 2.26. The van der Waals surface area contributed by atoms with E-state index in [2.05, 4.69) is 4.72 Å². The van der Waals surface area contributed by atoms with Gasteiger partial charge in [0.05, 0.1) is 4.92 Å². The summed E-state index contributed by atoms with van der Waals surface area (Å²) in [5, 5.41) is 10.9. The van der Waals surface area contributed by atoms with Gasteiger partial charge in [-0.2, -0.15) is 0 Å². The summed E-state index contributed by atoms with van der Waals surface area (Å²) < 4.78 is 27.1. The molecule has 2 aromatic carbocycles. The Morgan fingerprint density at radius 2 is 1.62 bits per heavy atom. The van der Waals surface area contributed by atoms with Gasteiger partial charge in [-0.25, -0.2) is 13.1 Å². The highest BCUT2D eigenvalue weighted by Crippen LogP contribution is 2.24. The molecule has 0 saturated heterocycles. The van der Waals surface area contributed by atoms with Gasteiger partial charge >= 0.3 is 0 Å². The van der Waals surface area contributed by atoms with Crippen LogP contribution < -0.4 is 4.72 Å². The van der Waals surface area contributed by atoms with Crippen LogP contribution in [0.4, 0.5) is 5.69 Å². The molecule has 7 heteroatoms. The first-order valence-corrected chi connectivity index (χ1v) is 7.71. The summed E-state index contributed by atoms with van der Waals surface area (Å²) in [6.45, 7) is 1.68. The van der Waals surface area contributed by atoms with Crippen LogP contribution in [0.5, 0.6) is 0 Å². The lowest BCUT2D eigenvalue weighted by atomic mass is 10.1. The normalized spacial score (nSPS) is 12.8. The first-order chi connectivity index (χ1) is 9.92. The first kappa shape index (κ1) is 15.1. The minimum absolute atomic E-state index is 0.335. The van der Waals surface area contributed by atoms with Crippen molar-refractivity contribution in [2.75, 3.05) is 0 Å². The highest BCUT2D eigenvalue weighted by atomic mass is 32.2. The molecule has 0 aromatic heterocycles. The molecule has 2 rings (SSSR count). The first-order valence-electron chi connectivity index (χ1n) is 6.22. The standard InChI is InChI=1S/C14H14N2O4S/c1-11(12-7-3-2-4-8-12)15-21(19,20)14-10-6-5-9-13(14)16(17)18/h2-11,15H,1H3/t11-/m1/s1. The highest BCUT2D eigenvalue weighted by molar-refractivity contribution is 7.89. The van der Waals surface area contributed by atoms with Gasteiger partial charge in [-0.05, 0) is 18.6 Å². The molecule has 0 aliphatic rings. The van der Waals surface area contributed by atoms with E-state index in [4.69, 9.17) is 0 Å². The van der Waals surface area contributed by atoms with E-state index in [1.165, 1.54) is 24.3 Å². The Hall–Kier alpha value is -2.25. The SMILES string of the molecule is C[C@@H](NS(=O)(=O)c1ccccc1[N+](=O)[O-])c1ccccc1. The van der Waals surface area contributed by atoms with E-state index in [-0.39, 0.29) is 4.90 Å². The van der Waals surface area contributed by atoms with E-state index >= 15 is 0 Å². The molecule has 1 N–H and O–H groups in total. The molecule has 110 valence electrons. The maximum absolute atomic E-state index is 12.3. The average Bonchev–Trinajstić information content (AvgIpc) is 2.47. The number of nitrogens with one attached hydrogen (secondary N) is 1. The van der Waals surface area contributed by atoms with E-state index in [1.807, 2.05) is 6.07 Å². The van der Waals surface area contributed by atoms with Gasteiger partial charge in [0, 0.05) is 12.1 Å². The van der Waals surface area contributed by atoms with E-state index in [1.54, 1.807) is 31.2 Å². The van der Waals surface area contributed by atoms with E-state index in [9.17, 15) is 18.5 Å². The molecule has 2 aromatic rings. The molecule has 21 heavy (non-hydrogen) atoms. The molecule has 0 amide bonds. The van der Waals surface area contributed by atoms with Crippen molar-refractivity contribution in [2.45, 2.75) is 17.9 Å². The number of rotatable bonds is 5. The van der Waals surface area contributed by atoms with Gasteiger partial charge in [-0.1, -0.05) is 42.5 Å². The van der Waals surface area contributed by atoms with Gasteiger partial charge in [0.1, 0.15) is 0 Å². The molecular formula is C14H14N2O4S. The van der Waals surface area contributed by atoms with Gasteiger partial charge in [0.15, 0.2) is 4.90 Å². The van der Waals surface area contributed by atoms with Crippen molar-refractivity contribution >= 4 is 15.7 Å². The third-order valence-electron chi connectivity index (χ3n) is 2.98. The van der Waals surface area contributed by atoms with Gasteiger partial charge in [0.25, 0.3) is 5.69 Å². The predicted octanol–water partition coefficient (Wildman–Crippen LogP) is 2.63. The summed E-state index contributed by atoms with van der Waals surface area (Å²) >= 11 is 0. The fourth-order valence-electron chi connectivity index (χ4n) is 1.94. The fraction of sp³-hybridized carbons (Fsp3) is 0.143. The molecule has 0 fully saturated rings. The number of nitro groups is 1. The number of nitro benzene ring substituents is 1. The third-order valence-corrected chi connectivity index (χ3v) is 4.57. The summed E-state index contributed by atoms with van der Waals surface area (Å²) in [5.74, 6) is 0. The van der Waals surface area contributed by atoms with E-state index in [0.717, 1.165) is 5.56 Å². The molecule has 0 radical (unpaired) electrons. The Kier molecular flexibility index (Phi) is 4.35. The quantitative estimate of drug-likeness (QED) is 0.679. The number of para-hydroxylation sites is 1. The van der Waals surface area contributed by atoms with Crippen molar-refractivity contribution < 1.29 is 13.3 Å². The second kappa shape index (κ2) is 6.02. The predicted molar refractivity (Wildman–Crippen MR) is 78.3 cm³/mol. The topological polar surface area (TPSA) is 89.3 Å². The maximum Gasteiger partial charge on any atom is 0.289 e. The van der Waals surface area contributed by atoms with Crippen LogP contribution in [0, 0.1) is 10.1 Å². The van der Waals surface area contributed by atoms with Crippen LogP contribution in [0.15, 0.2) is 59.5 Å². The zero-order chi connectivity index (χ0) is 15.5. The second-order valence-corrected chi connectivity index (χ2v) is 6.16. The molecule has 6 nitrogen and oxygen atoms in total. The van der Waals surface area contributed by atoms with Gasteiger partial charge in [0.2, 0.25) is 10.0 Å². The average molecular weight is 306 g/mol. The van der Waals surface area contributed by atoms with Crippen LogP contribution >= 0.6 is 0 Å². The molecule has 0 bridgehead atoms. The van der Waals surface area contributed by atoms with Gasteiger partial charge < -0.3 is 0 Å². The van der Waals surface area contributed by atoms with Crippen LogP contribution in [0.25, 0.3) is 0 Å². The van der Waals surface area contributed by atoms with Crippen LogP contribution in [-0.4, -0.2) is 13.3 Å². The molecule has 0 spiro atoms. The summed E-state index contributed by atoms with van der Waals surface area (Å²) in [5.41, 5.74) is 0.338. The number of hydrogen-bond donors (Lipinski definition) is 1. The molecule has 1 atom stereocenters. The summed E-state index contributed by atoms with van der Waals surface area (Å²) in [7, 11) is -3.98. The van der Waals surface area contributed by atoms with Crippen molar-refractivity contribution in [1.29, 1.82) is 0 Å². The van der Waals surface area contributed by atoms with Gasteiger partial charge in [-0.3, -0.25) is 10.1 Å². The molecule has 0 aliphatic heterocycles. The lowest BCUT2D eigenvalue weighted by molar-refractivity contribution is -0.387. The van der Waals surface area contributed by atoms with Crippen LogP contribution in [0.3, 0.4) is 0 Å². The third kappa shape index (κ3) is 3.45. The molecule has 0 heterocycles. The Morgan fingerprint density at radius 3 is 2.24 bits per heavy atom. The summed E-state index contributed by atoms with van der Waals surface area (Å²) in [4.78, 5) is 9.90. The molecular weight excluding hydrogens is 292 g/mol. The van der Waals surface area contributed by atoms with Gasteiger partial charge in [-0.15, -0.1) is 0 Å². The Labute approximate surface area is 122 Å². The number of benzene rings is 2. The lowest BCUT2D eigenvalue weighted by Crippen LogP contribution is -2.27. The van der Waals surface area contributed by atoms with Crippen LogP contribution in [0.2, 0.25) is 0 Å². The Morgan fingerprint density at radius 1 is 1.05 bits per heavy atom. The Bertz CT molecular complexity index is 745. The fourth-order valence-corrected chi connectivity index (χ4v) is 3.35. The zero-order valence-electron chi connectivity index (χ0n) is 11.3. The summed E-state index contributed by atoms with van der Waals surface area (Å²) in [6, 6.07) is 13.8. The second-order valence-electron chi connectivity index (χ2n) is 4.48. The smallest absolute Gasteiger partial charge is 0.258 e. The van der Waals surface area contributed by atoms with Crippen LogP contribution in [0.1, 0.15) is 18.5 Å². The Balaban J connectivity index is 2.34. The monoisotopic (exact) mass is 306 g/mol. The van der Waals surface area contributed by atoms with Crippen LogP contribution in [-0.2, 0) is 10.0 Å². The van der Waals surface area contributed by atoms with Crippen molar-refractivity contribution in [3.05, 3.63) is 70.3 Å². The minimum Gasteiger partial charge on any atom is -0.258 e. The molecule has 0 unspecified atom stereocenters. The van der Waals surface area contributed by atoms with Crippen molar-refractivity contribution in [3.63, 3.8) is 0 Å². The molecule has 0 aliphatic carbocycles.